The quantitative estimate of drug-likeness (QED) is 0.753. The average Bonchev–Trinajstić information content (AvgIpc) is 2.14. The summed E-state index contributed by atoms with van der Waals surface area (Å²) in [6, 6.07) is 0.0460. The van der Waals surface area contributed by atoms with E-state index >= 15 is 0 Å². The van der Waals surface area contributed by atoms with Gasteiger partial charge in [-0.15, -0.1) is 0 Å². The summed E-state index contributed by atoms with van der Waals surface area (Å²) in [5, 5.41) is 12.6. The fourth-order valence-corrected chi connectivity index (χ4v) is 1.80. The van der Waals surface area contributed by atoms with Gasteiger partial charge in [-0.1, -0.05) is 20.3 Å². The predicted octanol–water partition coefficient (Wildman–Crippen LogP) is 2.22. The summed E-state index contributed by atoms with van der Waals surface area (Å²) in [6.07, 6.45) is 2.11. The first kappa shape index (κ1) is 16.2. The van der Waals surface area contributed by atoms with E-state index < -0.39 is 5.60 Å². The first-order valence-electron chi connectivity index (χ1n) is 6.39. The van der Waals surface area contributed by atoms with Crippen LogP contribution in [0, 0.1) is 5.92 Å². The van der Waals surface area contributed by atoms with Crippen molar-refractivity contribution in [1.82, 2.24) is 10.2 Å². The standard InChI is InChI=1S/C13H28N2O2/c1-7-10(2)8-11(3)14-12(16)15(6)9-13(4,5)17/h10-11,17H,7-9H2,1-6H3,(H,14,16). The Labute approximate surface area is 105 Å². The third-order valence-electron chi connectivity index (χ3n) is 2.79. The number of rotatable bonds is 6. The molecular formula is C13H28N2O2. The van der Waals surface area contributed by atoms with E-state index in [1.54, 1.807) is 20.9 Å². The molecule has 0 spiro atoms. The van der Waals surface area contributed by atoms with Crippen molar-refractivity contribution in [2.45, 2.75) is 59.1 Å². The van der Waals surface area contributed by atoms with Crippen molar-refractivity contribution >= 4 is 6.03 Å². The Morgan fingerprint density at radius 2 is 1.94 bits per heavy atom. The third-order valence-corrected chi connectivity index (χ3v) is 2.79. The van der Waals surface area contributed by atoms with Crippen LogP contribution in [0.1, 0.15) is 47.5 Å². The fraction of sp³-hybridized carbons (Fsp3) is 0.923. The van der Waals surface area contributed by atoms with Gasteiger partial charge in [-0.3, -0.25) is 0 Å². The van der Waals surface area contributed by atoms with Gasteiger partial charge in [0.25, 0.3) is 0 Å². The molecule has 4 heteroatoms. The highest BCUT2D eigenvalue weighted by atomic mass is 16.3. The van der Waals surface area contributed by atoms with Gasteiger partial charge in [0.15, 0.2) is 0 Å². The van der Waals surface area contributed by atoms with Gasteiger partial charge in [0.2, 0.25) is 0 Å². The Balaban J connectivity index is 4.07. The Kier molecular flexibility index (Phi) is 6.53. The second-order valence-electron chi connectivity index (χ2n) is 5.77. The van der Waals surface area contributed by atoms with Crippen LogP contribution in [0.4, 0.5) is 4.79 Å². The summed E-state index contributed by atoms with van der Waals surface area (Å²) in [4.78, 5) is 13.3. The summed E-state index contributed by atoms with van der Waals surface area (Å²) in [7, 11) is 1.70. The van der Waals surface area contributed by atoms with Crippen LogP contribution >= 0.6 is 0 Å². The molecule has 0 aliphatic heterocycles. The summed E-state index contributed by atoms with van der Waals surface area (Å²) in [6.45, 7) is 10.1. The molecule has 2 atom stereocenters. The number of carbonyl (C=O) groups is 1. The molecule has 0 saturated heterocycles. The first-order valence-corrected chi connectivity index (χ1v) is 6.39. The van der Waals surface area contributed by atoms with Gasteiger partial charge in [-0.25, -0.2) is 4.79 Å². The van der Waals surface area contributed by atoms with E-state index in [0.717, 1.165) is 12.8 Å². The van der Waals surface area contributed by atoms with Gasteiger partial charge >= 0.3 is 6.03 Å². The molecule has 17 heavy (non-hydrogen) atoms. The van der Waals surface area contributed by atoms with Gasteiger partial charge in [0.05, 0.1) is 12.1 Å². The molecular weight excluding hydrogens is 216 g/mol. The molecule has 0 saturated carbocycles. The number of nitrogens with one attached hydrogen (secondary N) is 1. The van der Waals surface area contributed by atoms with Crippen molar-refractivity contribution in [3.05, 3.63) is 0 Å². The summed E-state index contributed by atoms with van der Waals surface area (Å²) < 4.78 is 0. The van der Waals surface area contributed by atoms with Gasteiger partial charge in [0, 0.05) is 13.1 Å². The summed E-state index contributed by atoms with van der Waals surface area (Å²) in [5.41, 5.74) is -0.855. The minimum Gasteiger partial charge on any atom is -0.389 e. The van der Waals surface area contributed by atoms with E-state index in [9.17, 15) is 9.90 Å². The van der Waals surface area contributed by atoms with Crippen LogP contribution in [0.5, 0.6) is 0 Å². The maximum absolute atomic E-state index is 11.8. The lowest BCUT2D eigenvalue weighted by Crippen LogP contribution is -2.47. The van der Waals surface area contributed by atoms with E-state index in [4.69, 9.17) is 0 Å². The number of nitrogens with zero attached hydrogens (tertiary/aromatic N) is 1. The Bertz CT molecular complexity index is 236. The van der Waals surface area contributed by atoms with Crippen molar-refractivity contribution in [3.8, 4) is 0 Å². The predicted molar refractivity (Wildman–Crippen MR) is 71.0 cm³/mol. The van der Waals surface area contributed by atoms with Gasteiger partial charge in [-0.05, 0) is 33.1 Å². The molecule has 2 amide bonds. The molecule has 2 N–H and O–H groups in total. The van der Waals surface area contributed by atoms with Gasteiger partial charge < -0.3 is 15.3 Å². The topological polar surface area (TPSA) is 52.6 Å². The smallest absolute Gasteiger partial charge is 0.317 e. The highest BCUT2D eigenvalue weighted by Crippen LogP contribution is 2.10. The zero-order chi connectivity index (χ0) is 13.6. The molecule has 0 fully saturated rings. The van der Waals surface area contributed by atoms with Crippen LogP contribution < -0.4 is 5.32 Å². The van der Waals surface area contributed by atoms with Crippen LogP contribution in [-0.4, -0.2) is 41.3 Å². The Morgan fingerprint density at radius 3 is 2.35 bits per heavy atom. The van der Waals surface area contributed by atoms with Crippen LogP contribution in [0.15, 0.2) is 0 Å². The van der Waals surface area contributed by atoms with Crippen molar-refractivity contribution < 1.29 is 9.90 Å². The number of aliphatic hydroxyl groups is 1. The van der Waals surface area contributed by atoms with E-state index in [0.29, 0.717) is 12.5 Å². The van der Waals surface area contributed by atoms with Gasteiger partial charge in [-0.2, -0.15) is 0 Å². The van der Waals surface area contributed by atoms with Crippen LogP contribution in [0.3, 0.4) is 0 Å². The van der Waals surface area contributed by atoms with Crippen LogP contribution in [0.25, 0.3) is 0 Å². The zero-order valence-corrected chi connectivity index (χ0v) is 12.1. The average molecular weight is 244 g/mol. The molecule has 0 aromatic rings. The molecule has 0 aliphatic carbocycles. The number of hydrogen-bond donors (Lipinski definition) is 2. The molecule has 102 valence electrons. The van der Waals surface area contributed by atoms with E-state index in [1.807, 2.05) is 6.92 Å². The molecule has 0 aliphatic rings. The lowest BCUT2D eigenvalue weighted by Gasteiger charge is -2.27. The third kappa shape index (κ3) is 8.02. The molecule has 0 rings (SSSR count). The highest BCUT2D eigenvalue weighted by molar-refractivity contribution is 5.74. The minimum atomic E-state index is -0.855. The largest absolute Gasteiger partial charge is 0.389 e. The number of amides is 2. The lowest BCUT2D eigenvalue weighted by molar-refractivity contribution is 0.0527. The maximum Gasteiger partial charge on any atom is 0.317 e. The molecule has 0 bridgehead atoms. The number of carbonyl (C=O) groups excluding carboxylic acids is 1. The fourth-order valence-electron chi connectivity index (χ4n) is 1.80. The normalized spacial score (nSPS) is 15.2. The summed E-state index contributed by atoms with van der Waals surface area (Å²) >= 11 is 0. The van der Waals surface area contributed by atoms with E-state index in [2.05, 4.69) is 19.2 Å². The molecule has 0 radical (unpaired) electrons. The monoisotopic (exact) mass is 244 g/mol. The highest BCUT2D eigenvalue weighted by Gasteiger charge is 2.20. The number of likely N-dealkylation sites (N-methyl/N-ethyl adjacent to an activating group) is 1. The lowest BCUT2D eigenvalue weighted by atomic mass is 10.0. The minimum absolute atomic E-state index is 0.122. The van der Waals surface area contributed by atoms with Crippen molar-refractivity contribution in [1.29, 1.82) is 0 Å². The van der Waals surface area contributed by atoms with E-state index in [1.165, 1.54) is 4.90 Å². The van der Waals surface area contributed by atoms with Crippen molar-refractivity contribution in [3.63, 3.8) is 0 Å². The Hall–Kier alpha value is -0.770. The first-order chi connectivity index (χ1) is 7.65. The molecule has 0 heterocycles. The SMILES string of the molecule is CCC(C)CC(C)NC(=O)N(C)CC(C)(C)O. The number of urea groups is 1. The zero-order valence-electron chi connectivity index (χ0n) is 12.1. The second kappa shape index (κ2) is 6.84. The maximum atomic E-state index is 11.8. The summed E-state index contributed by atoms with van der Waals surface area (Å²) in [5.74, 6) is 0.616. The van der Waals surface area contributed by atoms with Gasteiger partial charge in [0.1, 0.15) is 0 Å². The second-order valence-corrected chi connectivity index (χ2v) is 5.77. The van der Waals surface area contributed by atoms with Crippen LogP contribution in [-0.2, 0) is 0 Å². The van der Waals surface area contributed by atoms with E-state index in [-0.39, 0.29) is 12.1 Å². The molecule has 0 aromatic heterocycles. The van der Waals surface area contributed by atoms with Crippen molar-refractivity contribution in [2.75, 3.05) is 13.6 Å². The van der Waals surface area contributed by atoms with Crippen LogP contribution in [0.2, 0.25) is 0 Å². The molecule has 2 unspecified atom stereocenters. The Morgan fingerprint density at radius 1 is 1.41 bits per heavy atom. The molecule has 4 nitrogen and oxygen atoms in total. The van der Waals surface area contributed by atoms with Crippen molar-refractivity contribution in [2.24, 2.45) is 5.92 Å². The number of hydrogen-bond acceptors (Lipinski definition) is 2. The molecule has 0 aromatic carbocycles.